The summed E-state index contributed by atoms with van der Waals surface area (Å²) >= 11 is 3.19. The number of anilines is 1. The number of hydrogen-bond donors (Lipinski definition) is 3. The number of hydrogen-bond acceptors (Lipinski definition) is 3. The lowest BCUT2D eigenvalue weighted by Crippen LogP contribution is -2.30. The number of para-hydroxylation sites is 1. The lowest BCUT2D eigenvalue weighted by Gasteiger charge is -2.14. The van der Waals surface area contributed by atoms with Crippen LogP contribution in [0.5, 0.6) is 5.75 Å². The number of rotatable bonds is 3. The number of halogens is 1. The van der Waals surface area contributed by atoms with E-state index in [-0.39, 0.29) is 11.7 Å². The largest absolute Gasteiger partial charge is 0.505 e. The molecule has 0 atom stereocenters. The van der Waals surface area contributed by atoms with Crippen LogP contribution in [-0.2, 0) is 4.79 Å². The molecule has 4 N–H and O–H groups in total. The van der Waals surface area contributed by atoms with Crippen LogP contribution in [0.15, 0.2) is 22.7 Å². The van der Waals surface area contributed by atoms with Gasteiger partial charge in [0.15, 0.2) is 5.75 Å². The van der Waals surface area contributed by atoms with Crippen molar-refractivity contribution in [2.45, 2.75) is 12.8 Å². The van der Waals surface area contributed by atoms with Crippen LogP contribution in [0.4, 0.5) is 5.69 Å². The predicted molar refractivity (Wildman–Crippen MR) is 65.2 cm³/mol. The van der Waals surface area contributed by atoms with Crippen molar-refractivity contribution in [1.29, 1.82) is 0 Å². The van der Waals surface area contributed by atoms with E-state index in [4.69, 9.17) is 5.73 Å². The summed E-state index contributed by atoms with van der Waals surface area (Å²) in [6, 6.07) is 5.12. The van der Waals surface area contributed by atoms with Gasteiger partial charge in [0, 0.05) is 6.54 Å². The van der Waals surface area contributed by atoms with E-state index in [2.05, 4.69) is 21.2 Å². The summed E-state index contributed by atoms with van der Waals surface area (Å²) in [7, 11) is 0. The fraction of sp³-hybridized carbons (Fsp3) is 0.364. The van der Waals surface area contributed by atoms with Crippen molar-refractivity contribution in [1.82, 2.24) is 0 Å². The molecular formula is C11H13BrN2O2. The molecule has 1 aliphatic carbocycles. The van der Waals surface area contributed by atoms with Gasteiger partial charge in [-0.1, -0.05) is 6.07 Å². The zero-order valence-corrected chi connectivity index (χ0v) is 10.3. The normalized spacial score (nSPS) is 16.9. The molecule has 86 valence electrons. The highest BCUT2D eigenvalue weighted by molar-refractivity contribution is 9.10. The molecule has 0 bridgehead atoms. The van der Waals surface area contributed by atoms with Gasteiger partial charge >= 0.3 is 0 Å². The van der Waals surface area contributed by atoms with E-state index in [0.717, 1.165) is 12.8 Å². The van der Waals surface area contributed by atoms with Gasteiger partial charge in [0.1, 0.15) is 0 Å². The molecule has 0 radical (unpaired) electrons. The van der Waals surface area contributed by atoms with E-state index in [9.17, 15) is 9.90 Å². The number of benzene rings is 1. The van der Waals surface area contributed by atoms with Crippen molar-refractivity contribution in [2.24, 2.45) is 11.1 Å². The highest BCUT2D eigenvalue weighted by Gasteiger charge is 2.48. The second-order valence-corrected chi connectivity index (χ2v) is 4.93. The molecular weight excluding hydrogens is 272 g/mol. The zero-order chi connectivity index (χ0) is 11.8. The minimum Gasteiger partial charge on any atom is -0.505 e. The number of nitrogens with two attached hydrogens (primary N) is 1. The van der Waals surface area contributed by atoms with Crippen LogP contribution in [0.1, 0.15) is 12.8 Å². The van der Waals surface area contributed by atoms with Gasteiger partial charge in [0.05, 0.1) is 15.6 Å². The SMILES string of the molecule is NCC1(C(=O)Nc2cccc(Br)c2O)CC1. The molecule has 0 aromatic heterocycles. The molecule has 1 saturated carbocycles. The number of carbonyl (C=O) groups excluding carboxylic acids is 1. The number of aromatic hydroxyl groups is 1. The summed E-state index contributed by atoms with van der Waals surface area (Å²) in [5.41, 5.74) is 5.57. The number of nitrogens with one attached hydrogen (secondary N) is 1. The fourth-order valence-electron chi connectivity index (χ4n) is 1.55. The maximum atomic E-state index is 11.9. The Morgan fingerprint density at radius 2 is 2.25 bits per heavy atom. The fourth-order valence-corrected chi connectivity index (χ4v) is 1.91. The van der Waals surface area contributed by atoms with Crippen LogP contribution < -0.4 is 11.1 Å². The Hall–Kier alpha value is -1.07. The van der Waals surface area contributed by atoms with Gasteiger partial charge in [-0.15, -0.1) is 0 Å². The maximum Gasteiger partial charge on any atom is 0.231 e. The summed E-state index contributed by atoms with van der Waals surface area (Å²) < 4.78 is 0.558. The average molecular weight is 285 g/mol. The second-order valence-electron chi connectivity index (χ2n) is 4.07. The first-order valence-electron chi connectivity index (χ1n) is 5.08. The average Bonchev–Trinajstić information content (AvgIpc) is 3.05. The van der Waals surface area contributed by atoms with Crippen molar-refractivity contribution in [2.75, 3.05) is 11.9 Å². The van der Waals surface area contributed by atoms with Crippen molar-refractivity contribution in [3.05, 3.63) is 22.7 Å². The lowest BCUT2D eigenvalue weighted by molar-refractivity contribution is -0.120. The van der Waals surface area contributed by atoms with Gasteiger partial charge in [0.2, 0.25) is 5.91 Å². The monoisotopic (exact) mass is 284 g/mol. The van der Waals surface area contributed by atoms with Crippen molar-refractivity contribution < 1.29 is 9.90 Å². The van der Waals surface area contributed by atoms with Gasteiger partial charge in [-0.25, -0.2) is 0 Å². The first-order valence-corrected chi connectivity index (χ1v) is 5.87. The molecule has 1 fully saturated rings. The van der Waals surface area contributed by atoms with Crippen LogP contribution in [0, 0.1) is 5.41 Å². The molecule has 1 aromatic carbocycles. The van der Waals surface area contributed by atoms with E-state index in [0.29, 0.717) is 16.7 Å². The molecule has 0 spiro atoms. The first-order chi connectivity index (χ1) is 7.59. The van der Waals surface area contributed by atoms with E-state index < -0.39 is 5.41 Å². The van der Waals surface area contributed by atoms with Crippen molar-refractivity contribution in [3.63, 3.8) is 0 Å². The topological polar surface area (TPSA) is 75.4 Å². The van der Waals surface area contributed by atoms with Gasteiger partial charge in [-0.2, -0.15) is 0 Å². The van der Waals surface area contributed by atoms with Gasteiger partial charge in [0.25, 0.3) is 0 Å². The molecule has 0 heterocycles. The molecule has 0 saturated heterocycles. The van der Waals surface area contributed by atoms with Crippen LogP contribution in [0.25, 0.3) is 0 Å². The zero-order valence-electron chi connectivity index (χ0n) is 8.66. The Bertz CT molecular complexity index is 430. The number of phenolic OH excluding ortho intramolecular Hbond substituents is 1. The molecule has 1 aliphatic rings. The number of phenols is 1. The summed E-state index contributed by atoms with van der Waals surface area (Å²) in [6.07, 6.45) is 1.65. The van der Waals surface area contributed by atoms with Gasteiger partial charge < -0.3 is 16.2 Å². The molecule has 0 aliphatic heterocycles. The van der Waals surface area contributed by atoms with Crippen LogP contribution in [0.3, 0.4) is 0 Å². The lowest BCUT2D eigenvalue weighted by atomic mass is 10.1. The minimum atomic E-state index is -0.408. The summed E-state index contributed by atoms with van der Waals surface area (Å²) in [4.78, 5) is 11.9. The van der Waals surface area contributed by atoms with Crippen LogP contribution in [0.2, 0.25) is 0 Å². The van der Waals surface area contributed by atoms with Crippen molar-refractivity contribution in [3.8, 4) is 5.75 Å². The quantitative estimate of drug-likeness (QED) is 0.742. The van der Waals surface area contributed by atoms with E-state index in [1.54, 1.807) is 18.2 Å². The number of amides is 1. The highest BCUT2D eigenvalue weighted by Crippen LogP contribution is 2.46. The number of carbonyl (C=O) groups is 1. The predicted octanol–water partition coefficient (Wildman–Crippen LogP) is 1.83. The Morgan fingerprint density at radius 3 is 2.81 bits per heavy atom. The second kappa shape index (κ2) is 4.07. The third-order valence-corrected chi connectivity index (χ3v) is 3.60. The van der Waals surface area contributed by atoms with Gasteiger partial charge in [-0.3, -0.25) is 4.79 Å². The third kappa shape index (κ3) is 1.92. The summed E-state index contributed by atoms with van der Waals surface area (Å²) in [5, 5.41) is 12.4. The first kappa shape index (κ1) is 11.4. The van der Waals surface area contributed by atoms with E-state index in [1.165, 1.54) is 0 Å². The molecule has 0 unspecified atom stereocenters. The maximum absolute atomic E-state index is 11.9. The third-order valence-electron chi connectivity index (χ3n) is 2.96. The minimum absolute atomic E-state index is 0.0451. The van der Waals surface area contributed by atoms with E-state index in [1.807, 2.05) is 0 Å². The Labute approximate surface area is 102 Å². The molecule has 1 aromatic rings. The summed E-state index contributed by atoms with van der Waals surface area (Å²) in [5.74, 6) is -0.0629. The Kier molecular flexibility index (Phi) is 2.90. The van der Waals surface area contributed by atoms with Crippen molar-refractivity contribution >= 4 is 27.5 Å². The molecule has 2 rings (SSSR count). The standard InChI is InChI=1S/C11H13BrN2O2/c12-7-2-1-3-8(9(7)15)14-10(16)11(6-13)4-5-11/h1-3,15H,4-6,13H2,(H,14,16). The highest BCUT2D eigenvalue weighted by atomic mass is 79.9. The molecule has 4 nitrogen and oxygen atoms in total. The smallest absolute Gasteiger partial charge is 0.231 e. The Morgan fingerprint density at radius 1 is 1.56 bits per heavy atom. The van der Waals surface area contributed by atoms with Crippen LogP contribution >= 0.6 is 15.9 Å². The van der Waals surface area contributed by atoms with Gasteiger partial charge in [-0.05, 0) is 40.9 Å². The summed E-state index contributed by atoms with van der Waals surface area (Å²) in [6.45, 7) is 0.355. The molecule has 1 amide bonds. The molecule has 16 heavy (non-hydrogen) atoms. The van der Waals surface area contributed by atoms with E-state index >= 15 is 0 Å². The Balaban J connectivity index is 2.15. The van der Waals surface area contributed by atoms with Crippen LogP contribution in [-0.4, -0.2) is 17.6 Å². The molecule has 5 heteroatoms.